The Labute approximate surface area is 163 Å². The van der Waals surface area contributed by atoms with E-state index >= 15 is 0 Å². The molecule has 7 heteroatoms. The summed E-state index contributed by atoms with van der Waals surface area (Å²) < 4.78 is 26.7. The van der Waals surface area contributed by atoms with Crippen molar-refractivity contribution in [3.05, 3.63) is 52.5 Å². The van der Waals surface area contributed by atoms with E-state index < -0.39 is 9.84 Å². The summed E-state index contributed by atoms with van der Waals surface area (Å²) in [5, 5.41) is 5.77. The van der Waals surface area contributed by atoms with Gasteiger partial charge in [-0.1, -0.05) is 33.6 Å². The highest BCUT2D eigenvalue weighted by Gasteiger charge is 2.22. The maximum Gasteiger partial charge on any atom is 0.239 e. The number of aryl methyl sites for hydroxylation is 1. The molecule has 0 unspecified atom stereocenters. The first-order valence-electron chi connectivity index (χ1n) is 8.15. The van der Waals surface area contributed by atoms with Gasteiger partial charge in [-0.2, -0.15) is 0 Å². The van der Waals surface area contributed by atoms with Gasteiger partial charge >= 0.3 is 0 Å². The summed E-state index contributed by atoms with van der Waals surface area (Å²) >= 11 is 3.32. The number of nitrogens with one attached hydrogen (secondary N) is 2. The van der Waals surface area contributed by atoms with Gasteiger partial charge in [0.15, 0.2) is 0 Å². The minimum absolute atomic E-state index is 0.0185. The molecule has 26 heavy (non-hydrogen) atoms. The smallest absolute Gasteiger partial charge is 0.239 e. The lowest BCUT2D eigenvalue weighted by Crippen LogP contribution is -2.43. The molecule has 2 aromatic carbocycles. The molecular formula is C19H23BrN2O3S. The third-order valence-electron chi connectivity index (χ3n) is 3.52. The van der Waals surface area contributed by atoms with E-state index in [4.69, 9.17) is 0 Å². The van der Waals surface area contributed by atoms with Crippen LogP contribution in [-0.2, 0) is 14.6 Å². The molecule has 140 valence electrons. The van der Waals surface area contributed by atoms with Gasteiger partial charge in [-0.25, -0.2) is 8.42 Å². The molecule has 0 aliphatic carbocycles. The topological polar surface area (TPSA) is 75.3 Å². The number of amides is 1. The SMILES string of the molecule is Cc1ccc(S(=O)(=O)c2cc(Br)ccc2NCC(=O)NC(C)(C)C)cc1. The molecule has 0 aromatic heterocycles. The molecule has 2 rings (SSSR count). The monoisotopic (exact) mass is 438 g/mol. The fourth-order valence-corrected chi connectivity index (χ4v) is 4.32. The first-order valence-corrected chi connectivity index (χ1v) is 10.4. The second-order valence-corrected chi connectivity index (χ2v) is 9.94. The van der Waals surface area contributed by atoms with Gasteiger partial charge in [0.25, 0.3) is 0 Å². The molecule has 5 nitrogen and oxygen atoms in total. The van der Waals surface area contributed by atoms with E-state index in [0.717, 1.165) is 5.56 Å². The Hall–Kier alpha value is -1.86. The van der Waals surface area contributed by atoms with Gasteiger partial charge in [0.1, 0.15) is 0 Å². The number of sulfone groups is 1. The summed E-state index contributed by atoms with van der Waals surface area (Å²) in [5.74, 6) is -0.209. The van der Waals surface area contributed by atoms with Crippen molar-refractivity contribution in [1.82, 2.24) is 5.32 Å². The number of carbonyl (C=O) groups excluding carboxylic acids is 1. The van der Waals surface area contributed by atoms with Crippen molar-refractivity contribution >= 4 is 37.4 Å². The summed E-state index contributed by atoms with van der Waals surface area (Å²) in [4.78, 5) is 12.4. The molecule has 0 radical (unpaired) electrons. The van der Waals surface area contributed by atoms with Crippen LogP contribution in [0.4, 0.5) is 5.69 Å². The zero-order valence-corrected chi connectivity index (χ0v) is 17.7. The van der Waals surface area contributed by atoms with Crippen LogP contribution in [0.2, 0.25) is 0 Å². The van der Waals surface area contributed by atoms with Gasteiger partial charge in [-0.05, 0) is 58.0 Å². The van der Waals surface area contributed by atoms with Crippen LogP contribution in [0.25, 0.3) is 0 Å². The molecule has 0 heterocycles. The zero-order valence-electron chi connectivity index (χ0n) is 15.3. The molecule has 2 aromatic rings. The van der Waals surface area contributed by atoms with Crippen molar-refractivity contribution in [1.29, 1.82) is 0 Å². The quantitative estimate of drug-likeness (QED) is 0.741. The Balaban J connectivity index is 2.33. The van der Waals surface area contributed by atoms with Crippen molar-refractivity contribution < 1.29 is 13.2 Å². The van der Waals surface area contributed by atoms with Crippen molar-refractivity contribution in [2.45, 2.75) is 43.0 Å². The van der Waals surface area contributed by atoms with E-state index in [1.54, 1.807) is 42.5 Å². The number of anilines is 1. The Morgan fingerprint density at radius 2 is 1.69 bits per heavy atom. The van der Waals surface area contributed by atoms with Crippen molar-refractivity contribution in [3.63, 3.8) is 0 Å². The number of halogens is 1. The summed E-state index contributed by atoms with van der Waals surface area (Å²) in [6, 6.07) is 11.6. The second kappa shape index (κ2) is 7.80. The predicted molar refractivity (Wildman–Crippen MR) is 107 cm³/mol. The summed E-state index contributed by atoms with van der Waals surface area (Å²) in [5.41, 5.74) is 1.02. The van der Waals surface area contributed by atoms with Gasteiger partial charge in [0.2, 0.25) is 15.7 Å². The van der Waals surface area contributed by atoms with E-state index in [1.165, 1.54) is 0 Å². The average Bonchev–Trinajstić information content (AvgIpc) is 2.52. The highest BCUT2D eigenvalue weighted by molar-refractivity contribution is 9.10. The number of carbonyl (C=O) groups is 1. The Morgan fingerprint density at radius 1 is 1.08 bits per heavy atom. The van der Waals surface area contributed by atoms with Gasteiger partial charge in [-0.3, -0.25) is 4.79 Å². The van der Waals surface area contributed by atoms with Crippen LogP contribution >= 0.6 is 15.9 Å². The first kappa shape index (κ1) is 20.5. The molecule has 0 aliphatic rings. The molecule has 0 bridgehead atoms. The lowest BCUT2D eigenvalue weighted by atomic mass is 10.1. The molecule has 0 atom stereocenters. The second-order valence-electron chi connectivity index (χ2n) is 7.11. The molecule has 2 N–H and O–H groups in total. The van der Waals surface area contributed by atoms with E-state index in [-0.39, 0.29) is 27.8 Å². The Kier molecular flexibility index (Phi) is 6.13. The minimum Gasteiger partial charge on any atom is -0.375 e. The van der Waals surface area contributed by atoms with Crippen molar-refractivity contribution in [2.75, 3.05) is 11.9 Å². The molecular weight excluding hydrogens is 416 g/mol. The largest absolute Gasteiger partial charge is 0.375 e. The van der Waals surface area contributed by atoms with Crippen LogP contribution in [0.5, 0.6) is 0 Å². The molecule has 0 aliphatic heterocycles. The molecule has 0 spiro atoms. The molecule has 0 saturated heterocycles. The zero-order chi connectivity index (χ0) is 19.5. The number of benzene rings is 2. The Bertz CT molecular complexity index is 901. The van der Waals surface area contributed by atoms with Crippen molar-refractivity contribution in [2.24, 2.45) is 0 Å². The van der Waals surface area contributed by atoms with E-state index in [0.29, 0.717) is 10.2 Å². The fraction of sp³-hybridized carbons (Fsp3) is 0.316. The summed E-state index contributed by atoms with van der Waals surface area (Å²) in [6.45, 7) is 7.54. The van der Waals surface area contributed by atoms with Crippen LogP contribution in [0.1, 0.15) is 26.3 Å². The van der Waals surface area contributed by atoms with Gasteiger partial charge in [-0.15, -0.1) is 0 Å². The van der Waals surface area contributed by atoms with Crippen LogP contribution in [0.3, 0.4) is 0 Å². The van der Waals surface area contributed by atoms with E-state index in [9.17, 15) is 13.2 Å². The van der Waals surface area contributed by atoms with Gasteiger partial charge in [0, 0.05) is 10.0 Å². The van der Waals surface area contributed by atoms with E-state index in [2.05, 4.69) is 26.6 Å². The molecule has 0 saturated carbocycles. The lowest BCUT2D eigenvalue weighted by Gasteiger charge is -2.21. The maximum absolute atomic E-state index is 13.0. The minimum atomic E-state index is -3.72. The van der Waals surface area contributed by atoms with Crippen LogP contribution in [0, 0.1) is 6.92 Å². The summed E-state index contributed by atoms with van der Waals surface area (Å²) in [7, 11) is -3.72. The van der Waals surface area contributed by atoms with Crippen LogP contribution in [-0.4, -0.2) is 26.4 Å². The van der Waals surface area contributed by atoms with E-state index in [1.807, 2.05) is 27.7 Å². The predicted octanol–water partition coefficient (Wildman–Crippen LogP) is 3.92. The van der Waals surface area contributed by atoms with Gasteiger partial charge < -0.3 is 10.6 Å². The summed E-state index contributed by atoms with van der Waals surface area (Å²) in [6.07, 6.45) is 0. The fourth-order valence-electron chi connectivity index (χ4n) is 2.35. The average molecular weight is 439 g/mol. The van der Waals surface area contributed by atoms with Gasteiger partial charge in [0.05, 0.1) is 22.0 Å². The number of hydrogen-bond acceptors (Lipinski definition) is 4. The third-order valence-corrected chi connectivity index (χ3v) is 5.82. The normalized spacial score (nSPS) is 11.9. The first-order chi connectivity index (χ1) is 12.0. The standard InChI is InChI=1S/C19H23BrN2O3S/c1-13-5-8-15(9-6-13)26(24,25)17-11-14(20)7-10-16(17)21-12-18(23)22-19(2,3)4/h5-11,21H,12H2,1-4H3,(H,22,23). The lowest BCUT2D eigenvalue weighted by molar-refractivity contribution is -0.120. The molecule has 0 fully saturated rings. The maximum atomic E-state index is 13.0. The molecule has 1 amide bonds. The number of rotatable bonds is 5. The van der Waals surface area contributed by atoms with Crippen LogP contribution < -0.4 is 10.6 Å². The Morgan fingerprint density at radius 3 is 2.27 bits per heavy atom. The number of hydrogen-bond donors (Lipinski definition) is 2. The highest BCUT2D eigenvalue weighted by atomic mass is 79.9. The third kappa shape index (κ3) is 5.32. The van der Waals surface area contributed by atoms with Crippen molar-refractivity contribution in [3.8, 4) is 0 Å². The van der Waals surface area contributed by atoms with Crippen LogP contribution in [0.15, 0.2) is 56.7 Å². The highest BCUT2D eigenvalue weighted by Crippen LogP contribution is 2.30.